The van der Waals surface area contributed by atoms with Gasteiger partial charge in [-0.1, -0.05) is 13.3 Å². The SMILES string of the molecule is CCCc1nc(-c2ccc(F)c(F)c2F)oc1C(=O)O. The summed E-state index contributed by atoms with van der Waals surface area (Å²) in [5.74, 6) is -6.63. The summed E-state index contributed by atoms with van der Waals surface area (Å²) in [6.07, 6.45) is 0.920. The highest BCUT2D eigenvalue weighted by molar-refractivity contribution is 5.86. The van der Waals surface area contributed by atoms with Gasteiger partial charge >= 0.3 is 5.97 Å². The molecular formula is C13H10F3NO3. The second-order valence-corrected chi connectivity index (χ2v) is 4.07. The molecule has 4 nitrogen and oxygen atoms in total. The van der Waals surface area contributed by atoms with Crippen LogP contribution >= 0.6 is 0 Å². The molecule has 0 atom stereocenters. The molecule has 0 spiro atoms. The zero-order valence-corrected chi connectivity index (χ0v) is 10.4. The summed E-state index contributed by atoms with van der Waals surface area (Å²) in [6, 6.07) is 1.67. The number of oxazole rings is 1. The maximum atomic E-state index is 13.6. The van der Waals surface area contributed by atoms with Gasteiger partial charge in [0.1, 0.15) is 0 Å². The highest BCUT2D eigenvalue weighted by atomic mass is 19.2. The minimum absolute atomic E-state index is 0.138. The fraction of sp³-hybridized carbons (Fsp3) is 0.231. The summed E-state index contributed by atoms with van der Waals surface area (Å²) in [5, 5.41) is 8.96. The summed E-state index contributed by atoms with van der Waals surface area (Å²) in [6.45, 7) is 1.80. The van der Waals surface area contributed by atoms with Crippen LogP contribution in [0.2, 0.25) is 0 Å². The van der Waals surface area contributed by atoms with Crippen LogP contribution in [0.5, 0.6) is 0 Å². The predicted octanol–water partition coefficient (Wildman–Crippen LogP) is 3.41. The van der Waals surface area contributed by atoms with E-state index < -0.39 is 34.7 Å². The Morgan fingerprint density at radius 3 is 2.60 bits per heavy atom. The first-order chi connectivity index (χ1) is 9.45. The molecule has 0 amide bonds. The maximum absolute atomic E-state index is 13.6. The number of nitrogens with zero attached hydrogens (tertiary/aromatic N) is 1. The lowest BCUT2D eigenvalue weighted by Crippen LogP contribution is -1.99. The van der Waals surface area contributed by atoms with Gasteiger partial charge in [-0.05, 0) is 18.6 Å². The summed E-state index contributed by atoms with van der Waals surface area (Å²) in [5.41, 5.74) is -0.284. The zero-order chi connectivity index (χ0) is 14.9. The van der Waals surface area contributed by atoms with E-state index in [-0.39, 0.29) is 11.6 Å². The first kappa shape index (κ1) is 14.1. The molecule has 7 heteroatoms. The number of aromatic carboxylic acids is 1. The standard InChI is InChI=1S/C13H10F3NO3/c1-2-3-8-11(13(18)19)20-12(17-8)6-4-5-7(14)10(16)9(6)15/h4-5H,2-3H2,1H3,(H,18,19). The molecule has 0 unspecified atom stereocenters. The van der Waals surface area contributed by atoms with Crippen LogP contribution in [0.3, 0.4) is 0 Å². The number of benzene rings is 1. The summed E-state index contributed by atoms with van der Waals surface area (Å²) < 4.78 is 44.6. The second kappa shape index (κ2) is 5.36. The van der Waals surface area contributed by atoms with E-state index in [1.54, 1.807) is 6.92 Å². The molecule has 106 valence electrons. The van der Waals surface area contributed by atoms with Gasteiger partial charge in [0.2, 0.25) is 11.7 Å². The molecule has 1 aromatic carbocycles. The zero-order valence-electron chi connectivity index (χ0n) is 10.4. The van der Waals surface area contributed by atoms with Gasteiger partial charge in [-0.2, -0.15) is 0 Å². The van der Waals surface area contributed by atoms with Gasteiger partial charge in [0, 0.05) is 0 Å². The van der Waals surface area contributed by atoms with Gasteiger partial charge in [-0.3, -0.25) is 0 Å². The van der Waals surface area contributed by atoms with Crippen molar-refractivity contribution in [2.45, 2.75) is 19.8 Å². The second-order valence-electron chi connectivity index (χ2n) is 4.07. The van der Waals surface area contributed by atoms with Crippen molar-refractivity contribution in [1.29, 1.82) is 0 Å². The minimum Gasteiger partial charge on any atom is -0.475 e. The number of aryl methyl sites for hydroxylation is 1. The summed E-state index contributed by atoms with van der Waals surface area (Å²) in [7, 11) is 0. The molecule has 0 radical (unpaired) electrons. The Labute approximate surface area is 111 Å². The minimum atomic E-state index is -1.66. The average Bonchev–Trinajstić information content (AvgIpc) is 2.80. The lowest BCUT2D eigenvalue weighted by Gasteiger charge is -2.00. The van der Waals surface area contributed by atoms with E-state index >= 15 is 0 Å². The lowest BCUT2D eigenvalue weighted by molar-refractivity contribution is 0.0661. The first-order valence-corrected chi connectivity index (χ1v) is 5.82. The molecule has 20 heavy (non-hydrogen) atoms. The molecule has 2 aromatic rings. The third-order valence-electron chi connectivity index (χ3n) is 2.64. The van der Waals surface area contributed by atoms with Crippen LogP contribution in [-0.4, -0.2) is 16.1 Å². The summed E-state index contributed by atoms with van der Waals surface area (Å²) in [4.78, 5) is 14.8. The summed E-state index contributed by atoms with van der Waals surface area (Å²) >= 11 is 0. The highest BCUT2D eigenvalue weighted by Gasteiger charge is 2.23. The molecule has 1 N–H and O–H groups in total. The van der Waals surface area contributed by atoms with Crippen LogP contribution < -0.4 is 0 Å². The van der Waals surface area contributed by atoms with E-state index in [2.05, 4.69) is 4.98 Å². The van der Waals surface area contributed by atoms with Crippen LogP contribution in [0.1, 0.15) is 29.6 Å². The lowest BCUT2D eigenvalue weighted by atomic mass is 10.2. The van der Waals surface area contributed by atoms with Crippen molar-refractivity contribution in [3.63, 3.8) is 0 Å². The number of hydrogen-bond donors (Lipinski definition) is 1. The number of aromatic nitrogens is 1. The first-order valence-electron chi connectivity index (χ1n) is 5.82. The molecule has 0 fully saturated rings. The van der Waals surface area contributed by atoms with Gasteiger partial charge in [-0.15, -0.1) is 0 Å². The maximum Gasteiger partial charge on any atom is 0.373 e. The quantitative estimate of drug-likeness (QED) is 0.874. The Kier molecular flexibility index (Phi) is 3.78. The van der Waals surface area contributed by atoms with Crippen LogP contribution in [0.15, 0.2) is 16.5 Å². The molecule has 0 aliphatic carbocycles. The third-order valence-corrected chi connectivity index (χ3v) is 2.64. The fourth-order valence-corrected chi connectivity index (χ4v) is 1.73. The van der Waals surface area contributed by atoms with E-state index in [1.165, 1.54) is 0 Å². The number of halogens is 3. The smallest absolute Gasteiger partial charge is 0.373 e. The number of carboxylic acids is 1. The molecule has 0 aliphatic heterocycles. The van der Waals surface area contributed by atoms with Gasteiger partial charge < -0.3 is 9.52 Å². The Bertz CT molecular complexity index is 667. The monoisotopic (exact) mass is 285 g/mol. The van der Waals surface area contributed by atoms with Crippen molar-refractivity contribution in [2.75, 3.05) is 0 Å². The van der Waals surface area contributed by atoms with Gasteiger partial charge in [0.15, 0.2) is 17.5 Å². The van der Waals surface area contributed by atoms with Gasteiger partial charge in [-0.25, -0.2) is 22.9 Å². The largest absolute Gasteiger partial charge is 0.475 e. The molecule has 0 bridgehead atoms. The van der Waals surface area contributed by atoms with Gasteiger partial charge in [0.05, 0.1) is 11.3 Å². The van der Waals surface area contributed by atoms with E-state index in [4.69, 9.17) is 9.52 Å². The number of hydrogen-bond acceptors (Lipinski definition) is 3. The number of rotatable bonds is 4. The van der Waals surface area contributed by atoms with Crippen LogP contribution in [-0.2, 0) is 6.42 Å². The van der Waals surface area contributed by atoms with Crippen molar-refractivity contribution < 1.29 is 27.5 Å². The van der Waals surface area contributed by atoms with Gasteiger partial charge in [0.25, 0.3) is 0 Å². The Morgan fingerprint density at radius 2 is 2.00 bits per heavy atom. The fourth-order valence-electron chi connectivity index (χ4n) is 1.73. The van der Waals surface area contributed by atoms with Crippen molar-refractivity contribution in [2.24, 2.45) is 0 Å². The van der Waals surface area contributed by atoms with E-state index in [9.17, 15) is 18.0 Å². The predicted molar refractivity (Wildman–Crippen MR) is 62.8 cm³/mol. The van der Waals surface area contributed by atoms with Crippen molar-refractivity contribution >= 4 is 5.97 Å². The Hall–Kier alpha value is -2.31. The molecule has 2 rings (SSSR count). The van der Waals surface area contributed by atoms with Crippen molar-refractivity contribution in [3.05, 3.63) is 41.0 Å². The number of carbonyl (C=O) groups is 1. The topological polar surface area (TPSA) is 63.3 Å². The molecule has 1 aromatic heterocycles. The van der Waals surface area contributed by atoms with Crippen LogP contribution in [0, 0.1) is 17.5 Å². The van der Waals surface area contributed by atoms with Crippen molar-refractivity contribution in [1.82, 2.24) is 4.98 Å². The number of carboxylic acid groups (broad SMARTS) is 1. The van der Waals surface area contributed by atoms with E-state index in [1.807, 2.05) is 0 Å². The average molecular weight is 285 g/mol. The molecule has 1 heterocycles. The Balaban J connectivity index is 2.56. The molecular weight excluding hydrogens is 275 g/mol. The Morgan fingerprint density at radius 1 is 1.30 bits per heavy atom. The van der Waals surface area contributed by atoms with Crippen LogP contribution in [0.25, 0.3) is 11.5 Å². The highest BCUT2D eigenvalue weighted by Crippen LogP contribution is 2.27. The van der Waals surface area contributed by atoms with E-state index in [0.29, 0.717) is 12.8 Å². The van der Waals surface area contributed by atoms with Crippen LogP contribution in [0.4, 0.5) is 13.2 Å². The normalized spacial score (nSPS) is 10.8. The van der Waals surface area contributed by atoms with Crippen molar-refractivity contribution in [3.8, 4) is 11.5 Å². The molecule has 0 aliphatic rings. The molecule has 0 saturated carbocycles. The third kappa shape index (κ3) is 2.38. The molecule has 0 saturated heterocycles. The van der Waals surface area contributed by atoms with E-state index in [0.717, 1.165) is 12.1 Å².